The van der Waals surface area contributed by atoms with Crippen molar-refractivity contribution in [1.82, 2.24) is 19.5 Å². The first-order chi connectivity index (χ1) is 12.5. The second kappa shape index (κ2) is 5.91. The topological polar surface area (TPSA) is 108 Å². The minimum Gasteiger partial charge on any atom is -0.335 e. The van der Waals surface area contributed by atoms with Gasteiger partial charge in [0, 0.05) is 18.5 Å². The van der Waals surface area contributed by atoms with Gasteiger partial charge in [0.2, 0.25) is 0 Å². The lowest BCUT2D eigenvalue weighted by Gasteiger charge is -2.20. The van der Waals surface area contributed by atoms with Crippen LogP contribution in [0.1, 0.15) is 31.3 Å². The number of benzene rings is 1. The van der Waals surface area contributed by atoms with Crippen LogP contribution in [0.5, 0.6) is 0 Å². The van der Waals surface area contributed by atoms with Crippen LogP contribution in [-0.2, 0) is 11.8 Å². The van der Waals surface area contributed by atoms with Crippen molar-refractivity contribution in [1.29, 1.82) is 0 Å². The number of hydrogen-bond acceptors (Lipinski definition) is 5. The molecule has 1 aliphatic heterocycles. The SMILES string of the molecule is CC(C)n1c(=O)[nH]c(=O)c2[nH]c(C3(Cc4ccccc4)C=NN=C3)nc21. The molecule has 132 valence electrons. The molecule has 3 aromatic rings. The molecule has 0 saturated heterocycles. The molecular formula is C18H18N6O2. The Morgan fingerprint density at radius 3 is 2.42 bits per heavy atom. The van der Waals surface area contributed by atoms with Gasteiger partial charge in [-0.15, -0.1) is 0 Å². The molecule has 1 aliphatic rings. The van der Waals surface area contributed by atoms with Crippen molar-refractivity contribution in [3.05, 3.63) is 62.6 Å². The average molecular weight is 350 g/mol. The van der Waals surface area contributed by atoms with Gasteiger partial charge in [0.25, 0.3) is 5.56 Å². The number of H-pyrrole nitrogens is 2. The van der Waals surface area contributed by atoms with E-state index in [0.717, 1.165) is 5.56 Å². The van der Waals surface area contributed by atoms with Crippen LogP contribution in [0.2, 0.25) is 0 Å². The van der Waals surface area contributed by atoms with Gasteiger partial charge in [-0.05, 0) is 25.8 Å². The first kappa shape index (κ1) is 16.2. The lowest BCUT2D eigenvalue weighted by molar-refractivity contribution is 0.579. The summed E-state index contributed by atoms with van der Waals surface area (Å²) < 4.78 is 1.47. The van der Waals surface area contributed by atoms with Crippen LogP contribution in [0.15, 0.2) is 50.1 Å². The molecular weight excluding hydrogens is 332 g/mol. The lowest BCUT2D eigenvalue weighted by Crippen LogP contribution is -2.32. The number of nitrogens with zero attached hydrogens (tertiary/aromatic N) is 4. The Balaban J connectivity index is 1.92. The fourth-order valence-electron chi connectivity index (χ4n) is 3.25. The van der Waals surface area contributed by atoms with Crippen LogP contribution >= 0.6 is 0 Å². The number of nitrogens with one attached hydrogen (secondary N) is 2. The molecule has 0 aliphatic carbocycles. The summed E-state index contributed by atoms with van der Waals surface area (Å²) in [5, 5.41) is 8.01. The molecule has 2 aromatic heterocycles. The van der Waals surface area contributed by atoms with Gasteiger partial charge in [-0.3, -0.25) is 14.3 Å². The highest BCUT2D eigenvalue weighted by Gasteiger charge is 2.36. The van der Waals surface area contributed by atoms with Crippen LogP contribution < -0.4 is 11.2 Å². The third-order valence-corrected chi connectivity index (χ3v) is 4.52. The standard InChI is InChI=1S/C18H18N6O2/c1-11(2)24-14-13(15(25)23-17(24)26)21-16(22-14)18(9-19-20-10-18)8-12-6-4-3-5-7-12/h3-7,9-11H,8H2,1-2H3,(H,21,22)(H,23,25,26). The summed E-state index contributed by atoms with van der Waals surface area (Å²) in [6, 6.07) is 9.77. The number of fused-ring (bicyclic) bond motifs is 1. The van der Waals surface area contributed by atoms with Crippen molar-refractivity contribution in [2.24, 2.45) is 10.2 Å². The second-order valence-electron chi connectivity index (χ2n) is 6.70. The van der Waals surface area contributed by atoms with Gasteiger partial charge < -0.3 is 4.98 Å². The van der Waals surface area contributed by atoms with E-state index in [1.54, 1.807) is 12.4 Å². The van der Waals surface area contributed by atoms with E-state index in [9.17, 15) is 9.59 Å². The first-order valence-electron chi connectivity index (χ1n) is 8.38. The third kappa shape index (κ3) is 2.50. The highest BCUT2D eigenvalue weighted by molar-refractivity contribution is 5.99. The number of aromatic amines is 2. The Hall–Kier alpha value is -3.29. The quantitative estimate of drug-likeness (QED) is 0.745. The van der Waals surface area contributed by atoms with Gasteiger partial charge in [0.1, 0.15) is 16.8 Å². The maximum absolute atomic E-state index is 12.3. The van der Waals surface area contributed by atoms with Crippen molar-refractivity contribution in [2.75, 3.05) is 0 Å². The summed E-state index contributed by atoms with van der Waals surface area (Å²) in [5.74, 6) is 0.534. The summed E-state index contributed by atoms with van der Waals surface area (Å²) >= 11 is 0. The normalized spacial score (nSPS) is 15.3. The minimum absolute atomic E-state index is 0.144. The maximum atomic E-state index is 12.3. The third-order valence-electron chi connectivity index (χ3n) is 4.52. The van der Waals surface area contributed by atoms with Crippen LogP contribution in [-0.4, -0.2) is 31.9 Å². The first-order valence-corrected chi connectivity index (χ1v) is 8.38. The van der Waals surface area contributed by atoms with E-state index < -0.39 is 16.7 Å². The van der Waals surface area contributed by atoms with E-state index in [-0.39, 0.29) is 11.6 Å². The molecule has 0 saturated carbocycles. The predicted octanol–water partition coefficient (Wildman–Crippen LogP) is 1.54. The van der Waals surface area contributed by atoms with E-state index >= 15 is 0 Å². The monoisotopic (exact) mass is 350 g/mol. The second-order valence-corrected chi connectivity index (χ2v) is 6.70. The molecule has 26 heavy (non-hydrogen) atoms. The molecule has 2 N–H and O–H groups in total. The van der Waals surface area contributed by atoms with E-state index in [2.05, 4.69) is 25.2 Å². The lowest BCUT2D eigenvalue weighted by atomic mass is 9.83. The summed E-state index contributed by atoms with van der Waals surface area (Å²) in [4.78, 5) is 34.5. The van der Waals surface area contributed by atoms with Crippen molar-refractivity contribution in [3.8, 4) is 0 Å². The molecule has 8 nitrogen and oxygen atoms in total. The van der Waals surface area contributed by atoms with E-state index in [4.69, 9.17) is 0 Å². The Labute approximate surface area is 148 Å². The number of aromatic nitrogens is 4. The van der Waals surface area contributed by atoms with Crippen molar-refractivity contribution < 1.29 is 0 Å². The highest BCUT2D eigenvalue weighted by Crippen LogP contribution is 2.27. The number of hydrogen-bond donors (Lipinski definition) is 2. The van der Waals surface area contributed by atoms with Crippen LogP contribution in [0, 0.1) is 0 Å². The molecule has 0 radical (unpaired) electrons. The van der Waals surface area contributed by atoms with Gasteiger partial charge in [-0.25, -0.2) is 9.78 Å². The zero-order valence-corrected chi connectivity index (χ0v) is 14.4. The van der Waals surface area contributed by atoms with E-state index in [0.29, 0.717) is 17.9 Å². The summed E-state index contributed by atoms with van der Waals surface area (Å²) in [6.07, 6.45) is 4.01. The molecule has 0 amide bonds. The van der Waals surface area contributed by atoms with Gasteiger partial charge in [-0.2, -0.15) is 10.2 Å². The molecule has 0 unspecified atom stereocenters. The van der Waals surface area contributed by atoms with Gasteiger partial charge in [0.05, 0.1) is 0 Å². The number of imidazole rings is 1. The summed E-state index contributed by atoms with van der Waals surface area (Å²) in [6.45, 7) is 3.73. The Morgan fingerprint density at radius 1 is 1.08 bits per heavy atom. The van der Waals surface area contributed by atoms with Crippen molar-refractivity contribution in [2.45, 2.75) is 31.7 Å². The molecule has 0 bridgehead atoms. The van der Waals surface area contributed by atoms with Crippen molar-refractivity contribution >= 4 is 23.6 Å². The molecule has 8 heteroatoms. The van der Waals surface area contributed by atoms with Gasteiger partial charge >= 0.3 is 5.69 Å². The molecule has 0 spiro atoms. The molecule has 1 aromatic carbocycles. The zero-order chi connectivity index (χ0) is 18.3. The fraction of sp³-hybridized carbons (Fsp3) is 0.278. The van der Waals surface area contributed by atoms with Crippen molar-refractivity contribution in [3.63, 3.8) is 0 Å². The van der Waals surface area contributed by atoms with E-state index in [1.165, 1.54) is 4.57 Å². The highest BCUT2D eigenvalue weighted by atomic mass is 16.2. The molecule has 3 heterocycles. The van der Waals surface area contributed by atoms with Gasteiger partial charge in [-0.1, -0.05) is 30.3 Å². The van der Waals surface area contributed by atoms with Crippen LogP contribution in [0.25, 0.3) is 11.2 Å². The summed E-state index contributed by atoms with van der Waals surface area (Å²) in [7, 11) is 0. The van der Waals surface area contributed by atoms with E-state index in [1.807, 2.05) is 44.2 Å². The minimum atomic E-state index is -0.690. The molecule has 4 rings (SSSR count). The predicted molar refractivity (Wildman–Crippen MR) is 100 cm³/mol. The van der Waals surface area contributed by atoms with Gasteiger partial charge in [0.15, 0.2) is 5.65 Å². The summed E-state index contributed by atoms with van der Waals surface area (Å²) in [5.41, 5.74) is 0.0519. The molecule has 0 fully saturated rings. The Kier molecular flexibility index (Phi) is 3.68. The molecule has 0 atom stereocenters. The Morgan fingerprint density at radius 2 is 1.77 bits per heavy atom. The van der Waals surface area contributed by atoms with Crippen LogP contribution in [0.4, 0.5) is 0 Å². The Bertz CT molecular complexity index is 1120. The fourth-order valence-corrected chi connectivity index (χ4v) is 3.25. The number of rotatable bonds is 4. The van der Waals surface area contributed by atoms with Crippen LogP contribution in [0.3, 0.4) is 0 Å². The zero-order valence-electron chi connectivity index (χ0n) is 14.4. The average Bonchev–Trinajstić information content (AvgIpc) is 3.23. The smallest absolute Gasteiger partial charge is 0.330 e. The maximum Gasteiger partial charge on any atom is 0.330 e. The largest absolute Gasteiger partial charge is 0.335 e.